The van der Waals surface area contributed by atoms with Crippen molar-refractivity contribution in [2.75, 3.05) is 6.61 Å². The van der Waals surface area contributed by atoms with Crippen LogP contribution in [0.4, 0.5) is 0 Å². The van der Waals surface area contributed by atoms with Crippen molar-refractivity contribution in [2.45, 2.75) is 70.7 Å². The molecule has 7 nitrogen and oxygen atoms in total. The Balaban J connectivity index is 2.09. The van der Waals surface area contributed by atoms with Gasteiger partial charge in [-0.1, -0.05) is 20.8 Å². The number of ether oxygens (including phenoxy) is 1. The van der Waals surface area contributed by atoms with Gasteiger partial charge in [-0.2, -0.15) is 0 Å². The number of nitrogens with one attached hydrogen (secondary N) is 1. The number of aliphatic hydroxyl groups excluding tert-OH is 1. The van der Waals surface area contributed by atoms with Crippen LogP contribution in [-0.2, 0) is 9.16 Å². The Labute approximate surface area is 142 Å². The molecule has 0 amide bonds. The summed E-state index contributed by atoms with van der Waals surface area (Å²) in [5, 5.41) is 10.4. The van der Waals surface area contributed by atoms with E-state index in [0.717, 1.165) is 0 Å². The minimum Gasteiger partial charge on any atom is -0.414 e. The van der Waals surface area contributed by atoms with Gasteiger partial charge in [0.05, 0.1) is 12.7 Å². The molecule has 0 saturated carbocycles. The smallest absolute Gasteiger partial charge is 0.330 e. The Morgan fingerprint density at radius 3 is 2.62 bits per heavy atom. The van der Waals surface area contributed by atoms with Gasteiger partial charge in [0.25, 0.3) is 5.56 Å². The average molecular weight is 356 g/mol. The third kappa shape index (κ3) is 3.88. The largest absolute Gasteiger partial charge is 0.414 e. The Morgan fingerprint density at radius 2 is 2.04 bits per heavy atom. The lowest BCUT2D eigenvalue weighted by Crippen LogP contribution is -2.42. The first-order chi connectivity index (χ1) is 10.9. The second-order valence-electron chi connectivity index (χ2n) is 8.00. The molecule has 2 N–H and O–H groups in total. The molecule has 0 aromatic carbocycles. The molecule has 0 spiro atoms. The fourth-order valence-electron chi connectivity index (χ4n) is 2.38. The van der Waals surface area contributed by atoms with E-state index in [1.807, 2.05) is 0 Å². The van der Waals surface area contributed by atoms with Gasteiger partial charge in [0.2, 0.25) is 0 Å². The lowest BCUT2D eigenvalue weighted by atomic mass is 10.2. The first-order valence-electron chi connectivity index (χ1n) is 8.22. The maximum Gasteiger partial charge on any atom is 0.330 e. The minimum absolute atomic E-state index is 0.0938. The molecule has 1 saturated heterocycles. The van der Waals surface area contributed by atoms with Crippen molar-refractivity contribution >= 4 is 8.32 Å². The van der Waals surface area contributed by atoms with Crippen LogP contribution in [0.2, 0.25) is 18.1 Å². The molecule has 2 rings (SSSR count). The van der Waals surface area contributed by atoms with Crippen molar-refractivity contribution in [1.82, 2.24) is 9.55 Å². The van der Waals surface area contributed by atoms with Gasteiger partial charge in [-0.25, -0.2) is 4.79 Å². The van der Waals surface area contributed by atoms with Crippen LogP contribution >= 0.6 is 0 Å². The van der Waals surface area contributed by atoms with Crippen molar-refractivity contribution in [1.29, 1.82) is 0 Å². The van der Waals surface area contributed by atoms with Gasteiger partial charge in [0, 0.05) is 18.2 Å². The van der Waals surface area contributed by atoms with Gasteiger partial charge in [0.1, 0.15) is 6.10 Å². The van der Waals surface area contributed by atoms with Crippen LogP contribution in [0.3, 0.4) is 0 Å². The van der Waals surface area contributed by atoms with E-state index in [1.165, 1.54) is 10.8 Å². The summed E-state index contributed by atoms with van der Waals surface area (Å²) in [6.07, 6.45) is -0.0869. The van der Waals surface area contributed by atoms with Crippen LogP contribution in [0.15, 0.2) is 15.8 Å². The molecular formula is C16H28N2O5Si. The normalized spacial score (nSPS) is 25.2. The second kappa shape index (κ2) is 6.59. The van der Waals surface area contributed by atoms with E-state index in [4.69, 9.17) is 9.16 Å². The summed E-state index contributed by atoms with van der Waals surface area (Å²) < 4.78 is 13.2. The summed E-state index contributed by atoms with van der Waals surface area (Å²) in [5.41, 5.74) is -0.617. The third-order valence-electron chi connectivity index (χ3n) is 5.02. The Bertz CT molecular complexity index is 704. The number of aryl methyl sites for hydroxylation is 1. The van der Waals surface area contributed by atoms with Crippen molar-refractivity contribution in [3.63, 3.8) is 0 Å². The number of H-pyrrole nitrogens is 1. The highest BCUT2D eigenvalue weighted by atomic mass is 28.4. The third-order valence-corrected chi connectivity index (χ3v) is 9.52. The molecule has 1 fully saturated rings. The zero-order chi connectivity index (χ0) is 18.3. The number of aromatic amines is 1. The van der Waals surface area contributed by atoms with Crippen molar-refractivity contribution < 1.29 is 14.3 Å². The lowest BCUT2D eigenvalue weighted by molar-refractivity contribution is -0.0516. The first-order valence-corrected chi connectivity index (χ1v) is 11.1. The Hall–Kier alpha value is -1.22. The Morgan fingerprint density at radius 1 is 1.42 bits per heavy atom. The van der Waals surface area contributed by atoms with Gasteiger partial charge in [0.15, 0.2) is 14.5 Å². The van der Waals surface area contributed by atoms with E-state index in [2.05, 4.69) is 38.8 Å². The molecule has 24 heavy (non-hydrogen) atoms. The molecular weight excluding hydrogens is 328 g/mol. The highest BCUT2D eigenvalue weighted by Gasteiger charge is 2.40. The number of nitrogens with zero attached hydrogens (tertiary/aromatic N) is 1. The number of aromatic nitrogens is 2. The number of rotatable bonds is 4. The molecule has 2 heterocycles. The predicted octanol–water partition coefficient (Wildman–Crippen LogP) is 1.52. The van der Waals surface area contributed by atoms with E-state index in [0.29, 0.717) is 18.6 Å². The van der Waals surface area contributed by atoms with E-state index in [9.17, 15) is 14.7 Å². The highest BCUT2D eigenvalue weighted by molar-refractivity contribution is 6.74. The van der Waals surface area contributed by atoms with Crippen LogP contribution < -0.4 is 11.2 Å². The summed E-state index contributed by atoms with van der Waals surface area (Å²) in [6, 6.07) is 0. The number of hydrogen-bond acceptors (Lipinski definition) is 5. The van der Waals surface area contributed by atoms with Gasteiger partial charge < -0.3 is 14.3 Å². The van der Waals surface area contributed by atoms with Crippen LogP contribution in [0.5, 0.6) is 0 Å². The van der Waals surface area contributed by atoms with E-state index < -0.39 is 31.9 Å². The molecule has 8 heteroatoms. The number of hydrogen-bond donors (Lipinski definition) is 2. The highest BCUT2D eigenvalue weighted by Crippen LogP contribution is 2.37. The van der Waals surface area contributed by atoms with Gasteiger partial charge >= 0.3 is 5.69 Å². The molecule has 0 bridgehead atoms. The quantitative estimate of drug-likeness (QED) is 0.798. The van der Waals surface area contributed by atoms with Gasteiger partial charge in [-0.15, -0.1) is 0 Å². The molecule has 1 aromatic rings. The summed E-state index contributed by atoms with van der Waals surface area (Å²) in [7, 11) is -1.90. The number of aliphatic hydroxyl groups is 1. The van der Waals surface area contributed by atoms with Gasteiger partial charge in [-0.3, -0.25) is 14.3 Å². The Kier molecular flexibility index (Phi) is 5.24. The molecule has 136 valence electrons. The van der Waals surface area contributed by atoms with Gasteiger partial charge in [-0.05, 0) is 25.1 Å². The van der Waals surface area contributed by atoms with Crippen LogP contribution in [0.25, 0.3) is 0 Å². The maximum atomic E-state index is 12.0. The monoisotopic (exact) mass is 356 g/mol. The SMILES string of the molecule is Cc1cn([C@@H]2O[C@H](CO[Si](C)(C)C(C)(C)C)C[C@H]2O)c(=O)[nH]c1=O. The predicted molar refractivity (Wildman–Crippen MR) is 93.7 cm³/mol. The summed E-state index contributed by atoms with van der Waals surface area (Å²) >= 11 is 0. The second-order valence-corrected chi connectivity index (χ2v) is 12.8. The fourth-order valence-corrected chi connectivity index (χ4v) is 3.42. The zero-order valence-corrected chi connectivity index (χ0v) is 16.3. The van der Waals surface area contributed by atoms with Crippen LogP contribution in [0, 0.1) is 6.92 Å². The van der Waals surface area contributed by atoms with E-state index >= 15 is 0 Å². The van der Waals surface area contributed by atoms with Crippen LogP contribution in [0.1, 0.15) is 39.0 Å². The fraction of sp³-hybridized carbons (Fsp3) is 0.750. The minimum atomic E-state index is -1.90. The van der Waals surface area contributed by atoms with E-state index in [-0.39, 0.29) is 11.1 Å². The molecule has 1 aromatic heterocycles. The van der Waals surface area contributed by atoms with Crippen molar-refractivity contribution in [2.24, 2.45) is 0 Å². The lowest BCUT2D eigenvalue weighted by Gasteiger charge is -2.36. The first kappa shape index (κ1) is 19.1. The molecule has 0 aliphatic carbocycles. The average Bonchev–Trinajstić information content (AvgIpc) is 2.80. The summed E-state index contributed by atoms with van der Waals surface area (Å²) in [4.78, 5) is 25.7. The standard InChI is InChI=1S/C16H28N2O5Si/c1-10-8-18(15(21)17-13(10)20)14-12(19)7-11(23-14)9-22-24(5,6)16(2,3)4/h8,11-12,14,19H,7,9H2,1-6H3,(H,17,20,21)/t11-,12+,14+/m0/s1. The molecule has 3 atom stereocenters. The molecule has 1 aliphatic heterocycles. The topological polar surface area (TPSA) is 93.6 Å². The van der Waals surface area contributed by atoms with Crippen molar-refractivity contribution in [3.8, 4) is 0 Å². The molecule has 0 radical (unpaired) electrons. The maximum absolute atomic E-state index is 12.0. The summed E-state index contributed by atoms with van der Waals surface area (Å²) in [6.45, 7) is 12.8. The molecule has 1 aliphatic rings. The molecule has 0 unspecified atom stereocenters. The summed E-state index contributed by atoms with van der Waals surface area (Å²) in [5.74, 6) is 0. The van der Waals surface area contributed by atoms with E-state index in [1.54, 1.807) is 6.92 Å². The zero-order valence-electron chi connectivity index (χ0n) is 15.3. The van der Waals surface area contributed by atoms with Crippen molar-refractivity contribution in [3.05, 3.63) is 32.6 Å². The van der Waals surface area contributed by atoms with Crippen LogP contribution in [-0.4, -0.2) is 41.8 Å².